The summed E-state index contributed by atoms with van der Waals surface area (Å²) in [7, 11) is -2.56. The van der Waals surface area contributed by atoms with Gasteiger partial charge in [0.15, 0.2) is 0 Å². The molecular formula is C26H30N6O6S. The minimum Gasteiger partial charge on any atom is -0.480 e. The Morgan fingerprint density at radius 2 is 1.74 bits per heavy atom. The van der Waals surface area contributed by atoms with E-state index < -0.39 is 40.3 Å². The van der Waals surface area contributed by atoms with Gasteiger partial charge in [-0.15, -0.1) is 0 Å². The number of aliphatic carboxylic acids is 1. The zero-order valence-electron chi connectivity index (χ0n) is 21.3. The molecule has 39 heavy (non-hydrogen) atoms. The van der Waals surface area contributed by atoms with Crippen LogP contribution in [0.5, 0.6) is 0 Å². The first-order valence-electron chi connectivity index (χ1n) is 12.3. The summed E-state index contributed by atoms with van der Waals surface area (Å²) in [6.45, 7) is 0.0900. The van der Waals surface area contributed by atoms with E-state index in [2.05, 4.69) is 25.3 Å². The van der Waals surface area contributed by atoms with Gasteiger partial charge in [0.05, 0.1) is 16.1 Å². The molecule has 12 nitrogen and oxygen atoms in total. The van der Waals surface area contributed by atoms with E-state index in [0.29, 0.717) is 24.6 Å². The summed E-state index contributed by atoms with van der Waals surface area (Å²) in [4.78, 5) is 35.5. The van der Waals surface area contributed by atoms with Crippen molar-refractivity contribution in [2.75, 3.05) is 30.4 Å². The quantitative estimate of drug-likeness (QED) is 0.258. The molecule has 1 amide bonds. The van der Waals surface area contributed by atoms with Gasteiger partial charge in [-0.3, -0.25) is 9.59 Å². The molecule has 2 heterocycles. The topological polar surface area (TPSA) is 163 Å². The van der Waals surface area contributed by atoms with Crippen LogP contribution in [0.2, 0.25) is 0 Å². The summed E-state index contributed by atoms with van der Waals surface area (Å²) in [5, 5.41) is 15.5. The predicted molar refractivity (Wildman–Crippen MR) is 144 cm³/mol. The molecule has 4 N–H and O–H groups in total. The Balaban J connectivity index is 1.55. The molecule has 1 fully saturated rings. The van der Waals surface area contributed by atoms with E-state index in [0.717, 1.165) is 12.8 Å². The number of carboxylic acid groups (broad SMARTS) is 1. The number of sulfonamides is 1. The number of piperidine rings is 1. The van der Waals surface area contributed by atoms with Gasteiger partial charge in [0.1, 0.15) is 6.04 Å². The number of aromatic nitrogens is 2. The van der Waals surface area contributed by atoms with Crippen LogP contribution >= 0.6 is 0 Å². The molecule has 1 aliphatic rings. The standard InChI is InChI=1S/C26H30N6O6S/c1-38-26(30-25-27-15-9-16-28-25)14-7-8-17-32(26)22-13-6-5-12-20(22)23(33)29-18-21(24(34)35)31-39(36,37)19-10-3-2-4-11-19/h2-6,9-13,15-16,21,31H,7-8,14,17-18H2,1H3,(H,29,33)(H,34,35)(H,27,28,30)/t21-,26?/m0/s1. The van der Waals surface area contributed by atoms with Crippen molar-refractivity contribution < 1.29 is 27.9 Å². The third-order valence-electron chi connectivity index (χ3n) is 6.35. The number of para-hydroxylation sites is 1. The first-order valence-corrected chi connectivity index (χ1v) is 13.8. The summed E-state index contributed by atoms with van der Waals surface area (Å²) in [6.07, 6.45) is 5.51. The second-order valence-electron chi connectivity index (χ2n) is 8.85. The van der Waals surface area contributed by atoms with Crippen LogP contribution in [0.4, 0.5) is 11.6 Å². The lowest BCUT2D eigenvalue weighted by Crippen LogP contribution is -2.59. The van der Waals surface area contributed by atoms with E-state index >= 15 is 0 Å². The molecule has 3 aromatic rings. The van der Waals surface area contributed by atoms with Crippen molar-refractivity contribution in [2.24, 2.45) is 0 Å². The molecular weight excluding hydrogens is 524 g/mol. The molecule has 0 spiro atoms. The molecule has 13 heteroatoms. The monoisotopic (exact) mass is 554 g/mol. The SMILES string of the molecule is COC1(Nc2ncccn2)CCCCN1c1ccccc1C(=O)NC[C@H](NS(=O)(=O)c1ccccc1)C(=O)O. The Morgan fingerprint density at radius 1 is 1.05 bits per heavy atom. The highest BCUT2D eigenvalue weighted by atomic mass is 32.2. The molecule has 4 rings (SSSR count). The largest absolute Gasteiger partial charge is 0.480 e. The van der Waals surface area contributed by atoms with E-state index in [1.807, 2.05) is 4.90 Å². The zero-order valence-corrected chi connectivity index (χ0v) is 22.1. The van der Waals surface area contributed by atoms with E-state index in [9.17, 15) is 23.1 Å². The number of hydrogen-bond acceptors (Lipinski definition) is 9. The van der Waals surface area contributed by atoms with Gasteiger partial charge >= 0.3 is 5.97 Å². The summed E-state index contributed by atoms with van der Waals surface area (Å²) >= 11 is 0. The van der Waals surface area contributed by atoms with Crippen LogP contribution in [-0.2, 0) is 19.6 Å². The number of rotatable bonds is 11. The lowest BCUT2D eigenvalue weighted by atomic mass is 10.0. The lowest BCUT2D eigenvalue weighted by Gasteiger charge is -2.47. The normalized spacial score (nSPS) is 18.2. The summed E-state index contributed by atoms with van der Waals surface area (Å²) < 4.78 is 33.4. The highest BCUT2D eigenvalue weighted by Crippen LogP contribution is 2.35. The van der Waals surface area contributed by atoms with Gasteiger partial charge in [-0.05, 0) is 43.2 Å². The van der Waals surface area contributed by atoms with Crippen molar-refractivity contribution in [1.29, 1.82) is 0 Å². The van der Waals surface area contributed by atoms with Crippen LogP contribution in [0.25, 0.3) is 0 Å². The van der Waals surface area contributed by atoms with Gasteiger partial charge in [-0.1, -0.05) is 30.3 Å². The number of carbonyl (C=O) groups excluding carboxylic acids is 1. The van der Waals surface area contributed by atoms with Crippen molar-refractivity contribution in [3.63, 3.8) is 0 Å². The first-order chi connectivity index (χ1) is 18.8. The van der Waals surface area contributed by atoms with Crippen LogP contribution in [0, 0.1) is 0 Å². The van der Waals surface area contributed by atoms with Crippen LogP contribution in [0.3, 0.4) is 0 Å². The van der Waals surface area contributed by atoms with Crippen molar-refractivity contribution >= 4 is 33.5 Å². The third kappa shape index (κ3) is 6.50. The molecule has 2 aromatic carbocycles. The van der Waals surface area contributed by atoms with Gasteiger partial charge in [-0.25, -0.2) is 18.4 Å². The average molecular weight is 555 g/mol. The van der Waals surface area contributed by atoms with E-state index in [4.69, 9.17) is 4.74 Å². The number of anilines is 2. The number of amides is 1. The van der Waals surface area contributed by atoms with E-state index in [1.54, 1.807) is 55.9 Å². The van der Waals surface area contributed by atoms with Crippen molar-refractivity contribution in [1.82, 2.24) is 20.0 Å². The number of benzene rings is 2. The Hall–Kier alpha value is -4.07. The minimum atomic E-state index is -4.12. The van der Waals surface area contributed by atoms with Crippen LogP contribution in [0.1, 0.15) is 29.6 Å². The van der Waals surface area contributed by atoms with Gasteiger partial charge in [0.2, 0.25) is 21.8 Å². The first kappa shape index (κ1) is 28.0. The number of carbonyl (C=O) groups is 2. The average Bonchev–Trinajstić information content (AvgIpc) is 2.96. The molecule has 0 saturated carbocycles. The fourth-order valence-electron chi connectivity index (χ4n) is 4.42. The molecule has 206 valence electrons. The smallest absolute Gasteiger partial charge is 0.323 e. The van der Waals surface area contributed by atoms with Crippen molar-refractivity contribution in [2.45, 2.75) is 36.0 Å². The second kappa shape index (κ2) is 12.2. The third-order valence-corrected chi connectivity index (χ3v) is 7.84. The number of hydrogen-bond donors (Lipinski definition) is 4. The van der Waals surface area contributed by atoms with Gasteiger partial charge in [0.25, 0.3) is 5.91 Å². The molecule has 1 aromatic heterocycles. The van der Waals surface area contributed by atoms with E-state index in [-0.39, 0.29) is 10.5 Å². The van der Waals surface area contributed by atoms with Gasteiger partial charge in [-0.2, -0.15) is 4.72 Å². The van der Waals surface area contributed by atoms with Crippen LogP contribution in [-0.4, -0.2) is 67.5 Å². The lowest BCUT2D eigenvalue weighted by molar-refractivity contribution is -0.138. The van der Waals surface area contributed by atoms with Gasteiger partial charge in [0, 0.05) is 39.0 Å². The Bertz CT molecular complexity index is 1390. The molecule has 0 aliphatic carbocycles. The number of carboxylic acids is 1. The molecule has 1 saturated heterocycles. The maximum absolute atomic E-state index is 13.3. The number of nitrogens with one attached hydrogen (secondary N) is 3. The summed E-state index contributed by atoms with van der Waals surface area (Å²) in [5.74, 6) is -2.67. The molecule has 0 radical (unpaired) electrons. The highest BCUT2D eigenvalue weighted by molar-refractivity contribution is 7.89. The Morgan fingerprint density at radius 3 is 2.44 bits per heavy atom. The fraction of sp³-hybridized carbons (Fsp3) is 0.308. The van der Waals surface area contributed by atoms with Crippen LogP contribution in [0.15, 0.2) is 78.0 Å². The van der Waals surface area contributed by atoms with Crippen LogP contribution < -0.4 is 20.3 Å². The summed E-state index contributed by atoms with van der Waals surface area (Å²) in [5.41, 5.74) is 0.823. The molecule has 1 unspecified atom stereocenters. The summed E-state index contributed by atoms with van der Waals surface area (Å²) in [6, 6.07) is 14.4. The van der Waals surface area contributed by atoms with E-state index in [1.165, 1.54) is 24.3 Å². The molecule has 1 aliphatic heterocycles. The van der Waals surface area contributed by atoms with Gasteiger partial charge < -0.3 is 25.4 Å². The van der Waals surface area contributed by atoms with Crippen molar-refractivity contribution in [3.8, 4) is 0 Å². The number of ether oxygens (including phenoxy) is 1. The fourth-order valence-corrected chi connectivity index (χ4v) is 5.63. The predicted octanol–water partition coefficient (Wildman–Crippen LogP) is 2.04. The Labute approximate surface area is 226 Å². The van der Waals surface area contributed by atoms with Crippen molar-refractivity contribution in [3.05, 3.63) is 78.6 Å². The minimum absolute atomic E-state index is 0.0798. The second-order valence-corrected chi connectivity index (χ2v) is 10.6. The maximum atomic E-state index is 13.3. The Kier molecular flexibility index (Phi) is 8.74. The maximum Gasteiger partial charge on any atom is 0.323 e. The molecule has 0 bridgehead atoms. The molecule has 2 atom stereocenters. The zero-order chi connectivity index (χ0) is 27.9. The number of nitrogens with zero attached hydrogens (tertiary/aromatic N) is 3. The highest BCUT2D eigenvalue weighted by Gasteiger charge is 2.41. The number of methoxy groups -OCH3 is 1.